The molecule has 0 atom stereocenters. The van der Waals surface area contributed by atoms with Gasteiger partial charge in [-0.25, -0.2) is 0 Å². The van der Waals surface area contributed by atoms with E-state index in [1.54, 1.807) is 0 Å². The Morgan fingerprint density at radius 3 is 1.30 bits per heavy atom. The molecule has 0 radical (unpaired) electrons. The van der Waals surface area contributed by atoms with Gasteiger partial charge in [0, 0.05) is 35.7 Å². The molecule has 1 aromatic carbocycles. The first-order valence-electron chi connectivity index (χ1n) is 14.9. The number of hydrogen-bond donors (Lipinski definition) is 6. The Labute approximate surface area is 284 Å². The highest BCUT2D eigenvalue weighted by Gasteiger charge is 2.28. The smallest absolute Gasteiger partial charge is 0.309 e. The van der Waals surface area contributed by atoms with Crippen molar-refractivity contribution in [1.29, 1.82) is 0 Å². The van der Waals surface area contributed by atoms with Crippen molar-refractivity contribution >= 4 is 35.4 Å². The maximum absolute atomic E-state index is 11.5. The minimum atomic E-state index is -0.608. The van der Waals surface area contributed by atoms with Gasteiger partial charge in [-0.15, -0.1) is 0 Å². The Morgan fingerprint density at radius 1 is 0.596 bits per heavy atom. The molecule has 0 spiro atoms. The van der Waals surface area contributed by atoms with Crippen LogP contribution in [0.5, 0.6) is 0 Å². The molecule has 6 amide bonds. The van der Waals surface area contributed by atoms with Gasteiger partial charge in [-0.3, -0.25) is 28.8 Å². The average Bonchev–Trinajstić information content (AvgIpc) is 3.68. The Bertz CT molecular complexity index is 1110. The minimum absolute atomic E-state index is 0. The number of hydrogen-bond acceptors (Lipinski definition) is 6. The summed E-state index contributed by atoms with van der Waals surface area (Å²) in [6, 6.07) is 9.69. The fourth-order valence-corrected chi connectivity index (χ4v) is 2.91. The molecule has 0 saturated heterocycles. The predicted octanol–water partition coefficient (Wildman–Crippen LogP) is 3.98. The van der Waals surface area contributed by atoms with E-state index in [0.29, 0.717) is 19.0 Å². The lowest BCUT2D eigenvalue weighted by molar-refractivity contribution is -0.140. The van der Waals surface area contributed by atoms with Crippen LogP contribution in [0.25, 0.3) is 0 Å². The average molecular weight is 667 g/mol. The van der Waals surface area contributed by atoms with Crippen molar-refractivity contribution in [3.05, 3.63) is 35.9 Å². The van der Waals surface area contributed by atoms with Gasteiger partial charge in [0.25, 0.3) is 0 Å². The van der Waals surface area contributed by atoms with Crippen molar-refractivity contribution in [2.75, 3.05) is 6.54 Å². The Balaban J connectivity index is -0.000000289. The molecule has 47 heavy (non-hydrogen) atoms. The molecule has 272 valence electrons. The van der Waals surface area contributed by atoms with E-state index in [0.717, 1.165) is 18.4 Å². The van der Waals surface area contributed by atoms with E-state index in [1.807, 2.05) is 106 Å². The highest BCUT2D eigenvalue weighted by molar-refractivity contribution is 6.36. The van der Waals surface area contributed by atoms with Crippen LogP contribution in [0.2, 0.25) is 0 Å². The van der Waals surface area contributed by atoms with Gasteiger partial charge < -0.3 is 31.9 Å². The van der Waals surface area contributed by atoms with Crippen LogP contribution in [0.1, 0.15) is 117 Å². The molecule has 0 bridgehead atoms. The van der Waals surface area contributed by atoms with Gasteiger partial charge in [0.1, 0.15) is 0 Å². The highest BCUT2D eigenvalue weighted by Crippen LogP contribution is 2.18. The maximum atomic E-state index is 11.5. The summed E-state index contributed by atoms with van der Waals surface area (Å²) in [5.41, 5.74) is -0.157. The second-order valence-electron chi connectivity index (χ2n) is 14.1. The topological polar surface area (TPSA) is 175 Å². The molecule has 6 N–H and O–H groups in total. The van der Waals surface area contributed by atoms with E-state index in [-0.39, 0.29) is 39.4 Å². The summed E-state index contributed by atoms with van der Waals surface area (Å²) in [7, 11) is 0. The number of nitrogens with one attached hydrogen (secondary N) is 6. The van der Waals surface area contributed by atoms with E-state index in [2.05, 4.69) is 31.9 Å². The summed E-state index contributed by atoms with van der Waals surface area (Å²) in [6.07, 6.45) is 1.99. The summed E-state index contributed by atoms with van der Waals surface area (Å²) >= 11 is 0. The second kappa shape index (κ2) is 22.5. The zero-order chi connectivity index (χ0) is 34.3. The number of amides is 6. The summed E-state index contributed by atoms with van der Waals surface area (Å²) < 4.78 is 0. The molecule has 1 aliphatic carbocycles. The summed E-state index contributed by atoms with van der Waals surface area (Å²) in [5, 5.41) is 15.5. The van der Waals surface area contributed by atoms with Crippen molar-refractivity contribution < 1.29 is 28.8 Å². The van der Waals surface area contributed by atoms with Crippen molar-refractivity contribution in [1.82, 2.24) is 31.9 Å². The molecule has 0 unspecified atom stereocenters. The zero-order valence-electron chi connectivity index (χ0n) is 28.3. The van der Waals surface area contributed by atoms with Gasteiger partial charge in [0.15, 0.2) is 0 Å². The fraction of sp³-hybridized carbons (Fsp3) is 0.657. The number of rotatable bonds is 5. The molecule has 0 aromatic heterocycles. The van der Waals surface area contributed by atoms with E-state index >= 15 is 0 Å². The molecule has 1 fully saturated rings. The standard InChI is InChI=1S/C13H18N2O2.C10H20N2O2.C9H16N2O2.3CH4/c1-13(2,3)15-12(17)11(16)14-9-10-7-5-4-6-8-10;1-7(2)6-11-8(13)9(14)12-10(3,4)5;1-9(2,3)11-8(13)7(12)10-6-4-5-6;;;/h4-8H,9H2,1-3H3,(H,14,16)(H,15,17);7H,6H2,1-5H3,(H,11,13)(H,12,14);6H,4-5H2,1-3H3,(H,10,12)(H,11,13);3*1H4. The van der Waals surface area contributed by atoms with Crippen molar-refractivity contribution in [3.63, 3.8) is 0 Å². The highest BCUT2D eigenvalue weighted by atomic mass is 16.2. The third kappa shape index (κ3) is 29.2. The third-order valence-corrected chi connectivity index (χ3v) is 4.96. The molecular weight excluding hydrogens is 600 g/mol. The van der Waals surface area contributed by atoms with Crippen LogP contribution in [0.15, 0.2) is 30.3 Å². The lowest BCUT2D eigenvalue weighted by Gasteiger charge is -2.20. The van der Waals surface area contributed by atoms with E-state index in [1.165, 1.54) is 0 Å². The zero-order valence-corrected chi connectivity index (χ0v) is 28.3. The van der Waals surface area contributed by atoms with E-state index < -0.39 is 41.0 Å². The quantitative estimate of drug-likeness (QED) is 0.259. The number of benzene rings is 1. The first-order valence-corrected chi connectivity index (χ1v) is 14.9. The normalized spacial score (nSPS) is 11.8. The first kappa shape index (κ1) is 49.9. The van der Waals surface area contributed by atoms with Crippen LogP contribution in [0.3, 0.4) is 0 Å². The fourth-order valence-electron chi connectivity index (χ4n) is 2.91. The summed E-state index contributed by atoms with van der Waals surface area (Å²) in [6.45, 7) is 21.3. The van der Waals surface area contributed by atoms with Crippen LogP contribution >= 0.6 is 0 Å². The molecule has 12 heteroatoms. The Kier molecular flexibility index (Phi) is 23.9. The van der Waals surface area contributed by atoms with Gasteiger partial charge >= 0.3 is 35.4 Å². The lowest BCUT2D eigenvalue weighted by atomic mass is 10.1. The maximum Gasteiger partial charge on any atom is 0.309 e. The van der Waals surface area contributed by atoms with Gasteiger partial charge in [0.05, 0.1) is 0 Å². The predicted molar refractivity (Wildman–Crippen MR) is 191 cm³/mol. The van der Waals surface area contributed by atoms with Crippen LogP contribution in [0.4, 0.5) is 0 Å². The van der Waals surface area contributed by atoms with Crippen LogP contribution in [0, 0.1) is 5.92 Å². The van der Waals surface area contributed by atoms with Gasteiger partial charge in [-0.05, 0) is 86.6 Å². The van der Waals surface area contributed by atoms with Crippen molar-refractivity contribution in [2.24, 2.45) is 5.92 Å². The van der Waals surface area contributed by atoms with E-state index in [9.17, 15) is 28.8 Å². The first-order chi connectivity index (χ1) is 20.0. The number of carbonyl (C=O) groups is 6. The van der Waals surface area contributed by atoms with Crippen LogP contribution in [-0.4, -0.2) is 64.6 Å². The molecule has 0 heterocycles. The third-order valence-electron chi connectivity index (χ3n) is 4.96. The second-order valence-corrected chi connectivity index (χ2v) is 14.1. The largest absolute Gasteiger partial charge is 0.348 e. The molecule has 12 nitrogen and oxygen atoms in total. The van der Waals surface area contributed by atoms with Crippen molar-refractivity contribution in [3.8, 4) is 0 Å². The summed E-state index contributed by atoms with van der Waals surface area (Å²) in [4.78, 5) is 67.7. The molecule has 2 rings (SSSR count). The van der Waals surface area contributed by atoms with E-state index in [4.69, 9.17) is 0 Å². The Hall–Kier alpha value is -3.96. The van der Waals surface area contributed by atoms with Gasteiger partial charge in [0.2, 0.25) is 0 Å². The Morgan fingerprint density at radius 2 is 0.957 bits per heavy atom. The summed E-state index contributed by atoms with van der Waals surface area (Å²) in [5.74, 6) is -3.05. The SMILES string of the molecule is C.C.C.CC(C)(C)NC(=O)C(=O)NC1CC1.CC(C)(C)NC(=O)C(=O)NCc1ccccc1.CC(C)CNC(=O)C(=O)NC(C)(C)C. The molecule has 0 aliphatic heterocycles. The van der Waals surface area contributed by atoms with Crippen molar-refractivity contribution in [2.45, 2.75) is 140 Å². The molecular formula is C35H66N6O6. The minimum Gasteiger partial charge on any atom is -0.348 e. The van der Waals surface area contributed by atoms with Crippen LogP contribution in [-0.2, 0) is 35.3 Å². The van der Waals surface area contributed by atoms with Gasteiger partial charge in [-0.1, -0.05) is 66.5 Å². The van der Waals surface area contributed by atoms with Crippen LogP contribution < -0.4 is 31.9 Å². The van der Waals surface area contributed by atoms with Gasteiger partial charge in [-0.2, -0.15) is 0 Å². The lowest BCUT2D eigenvalue weighted by Crippen LogP contribution is -2.48. The monoisotopic (exact) mass is 667 g/mol. The molecule has 1 saturated carbocycles. The number of carbonyl (C=O) groups excluding carboxylic acids is 6. The molecule has 1 aromatic rings. The molecule has 1 aliphatic rings.